The van der Waals surface area contributed by atoms with Crippen LogP contribution in [0.4, 0.5) is 0 Å². The second kappa shape index (κ2) is 6.63. The molecule has 0 aliphatic rings. The Morgan fingerprint density at radius 3 is 2.71 bits per heavy atom. The highest BCUT2D eigenvalue weighted by molar-refractivity contribution is 6.33. The highest BCUT2D eigenvalue weighted by atomic mass is 35.5. The molecule has 0 saturated carbocycles. The van der Waals surface area contributed by atoms with E-state index in [0.717, 1.165) is 13.0 Å². The first-order valence-corrected chi connectivity index (χ1v) is 6.97. The standard InChI is InChI=1S/C15H17ClN2O3/c1-4-6-18-7-5-17-15(18)13(19)10-8-11(16)14(21-3)12(9-10)20-2/h5,7-9H,4,6H2,1-3H3. The highest BCUT2D eigenvalue weighted by Crippen LogP contribution is 2.36. The van der Waals surface area contributed by atoms with Crippen molar-refractivity contribution in [3.05, 3.63) is 40.9 Å². The summed E-state index contributed by atoms with van der Waals surface area (Å²) >= 11 is 6.14. The summed E-state index contributed by atoms with van der Waals surface area (Å²) in [5.41, 5.74) is 0.418. The van der Waals surface area contributed by atoms with E-state index in [1.165, 1.54) is 14.2 Å². The first-order chi connectivity index (χ1) is 10.1. The van der Waals surface area contributed by atoms with Crippen molar-refractivity contribution in [3.63, 3.8) is 0 Å². The second-order valence-corrected chi connectivity index (χ2v) is 4.87. The molecule has 5 nitrogen and oxygen atoms in total. The summed E-state index contributed by atoms with van der Waals surface area (Å²) in [6.07, 6.45) is 4.33. The Bertz CT molecular complexity index is 652. The van der Waals surface area contributed by atoms with Crippen molar-refractivity contribution in [2.24, 2.45) is 0 Å². The molecule has 0 fully saturated rings. The van der Waals surface area contributed by atoms with Gasteiger partial charge in [-0.15, -0.1) is 0 Å². The topological polar surface area (TPSA) is 53.4 Å². The number of hydrogen-bond donors (Lipinski definition) is 0. The fraction of sp³-hybridized carbons (Fsp3) is 0.333. The number of nitrogens with zero attached hydrogens (tertiary/aromatic N) is 2. The Hall–Kier alpha value is -2.01. The molecule has 21 heavy (non-hydrogen) atoms. The van der Waals surface area contributed by atoms with Crippen LogP contribution >= 0.6 is 11.6 Å². The predicted molar refractivity (Wildman–Crippen MR) is 80.5 cm³/mol. The second-order valence-electron chi connectivity index (χ2n) is 4.47. The minimum Gasteiger partial charge on any atom is -0.493 e. The van der Waals surface area contributed by atoms with Crippen LogP contribution in [0.25, 0.3) is 0 Å². The third-order valence-electron chi connectivity index (χ3n) is 3.08. The minimum absolute atomic E-state index is 0.198. The Morgan fingerprint density at radius 1 is 1.33 bits per heavy atom. The predicted octanol–water partition coefficient (Wildman–Crippen LogP) is 3.19. The van der Waals surface area contributed by atoms with Crippen molar-refractivity contribution >= 4 is 17.4 Å². The van der Waals surface area contributed by atoms with Gasteiger partial charge in [0.25, 0.3) is 0 Å². The first kappa shape index (κ1) is 15.4. The number of benzene rings is 1. The van der Waals surface area contributed by atoms with E-state index in [-0.39, 0.29) is 5.78 Å². The molecule has 0 bridgehead atoms. The molecule has 0 aliphatic heterocycles. The van der Waals surface area contributed by atoms with Crippen molar-refractivity contribution in [1.29, 1.82) is 0 Å². The fourth-order valence-electron chi connectivity index (χ4n) is 2.12. The van der Waals surface area contributed by atoms with E-state index in [4.69, 9.17) is 21.1 Å². The maximum atomic E-state index is 12.6. The van der Waals surface area contributed by atoms with Gasteiger partial charge in [-0.1, -0.05) is 18.5 Å². The number of aryl methyl sites for hydroxylation is 1. The smallest absolute Gasteiger partial charge is 0.228 e. The molecule has 1 aromatic heterocycles. The Kier molecular flexibility index (Phi) is 4.85. The van der Waals surface area contributed by atoms with Crippen molar-refractivity contribution in [2.45, 2.75) is 19.9 Å². The van der Waals surface area contributed by atoms with E-state index < -0.39 is 0 Å². The maximum Gasteiger partial charge on any atom is 0.228 e. The van der Waals surface area contributed by atoms with Crippen LogP contribution in [0.15, 0.2) is 24.5 Å². The average molecular weight is 309 g/mol. The van der Waals surface area contributed by atoms with Crippen molar-refractivity contribution < 1.29 is 14.3 Å². The van der Waals surface area contributed by atoms with Crippen molar-refractivity contribution in [1.82, 2.24) is 9.55 Å². The largest absolute Gasteiger partial charge is 0.493 e. The molecule has 2 rings (SSSR count). The molecule has 0 amide bonds. The molecule has 1 heterocycles. The molecule has 0 aliphatic carbocycles. The average Bonchev–Trinajstić information content (AvgIpc) is 2.94. The number of methoxy groups -OCH3 is 2. The van der Waals surface area contributed by atoms with E-state index in [2.05, 4.69) is 4.98 Å². The van der Waals surface area contributed by atoms with E-state index in [1.54, 1.807) is 24.5 Å². The number of ether oxygens (including phenoxy) is 2. The first-order valence-electron chi connectivity index (χ1n) is 6.59. The maximum absolute atomic E-state index is 12.6. The number of aromatic nitrogens is 2. The number of hydrogen-bond acceptors (Lipinski definition) is 4. The normalized spacial score (nSPS) is 10.5. The molecule has 0 unspecified atom stereocenters. The highest BCUT2D eigenvalue weighted by Gasteiger charge is 2.19. The number of carbonyl (C=O) groups excluding carboxylic acids is 1. The van der Waals surface area contributed by atoms with Crippen LogP contribution in [0, 0.1) is 0 Å². The summed E-state index contributed by atoms with van der Waals surface area (Å²) < 4.78 is 12.2. The Balaban J connectivity index is 2.44. The summed E-state index contributed by atoms with van der Waals surface area (Å²) in [5, 5.41) is 0.328. The molecule has 1 aromatic carbocycles. The Labute approximate surface area is 128 Å². The zero-order valence-electron chi connectivity index (χ0n) is 12.2. The Morgan fingerprint density at radius 2 is 2.10 bits per heavy atom. The van der Waals surface area contributed by atoms with Gasteiger partial charge in [0.15, 0.2) is 17.3 Å². The van der Waals surface area contributed by atoms with Gasteiger partial charge in [-0.25, -0.2) is 4.98 Å². The zero-order chi connectivity index (χ0) is 15.4. The molecule has 0 N–H and O–H groups in total. The molecule has 0 atom stereocenters. The molecule has 112 valence electrons. The van der Waals surface area contributed by atoms with Crippen LogP contribution < -0.4 is 9.47 Å². The number of ketones is 1. The number of rotatable bonds is 6. The van der Waals surface area contributed by atoms with Gasteiger partial charge in [-0.05, 0) is 18.6 Å². The zero-order valence-corrected chi connectivity index (χ0v) is 13.0. The molecule has 6 heteroatoms. The third-order valence-corrected chi connectivity index (χ3v) is 3.36. The number of halogens is 1. The lowest BCUT2D eigenvalue weighted by molar-refractivity contribution is 0.102. The van der Waals surface area contributed by atoms with Crippen LogP contribution in [0.5, 0.6) is 11.5 Å². The van der Waals surface area contributed by atoms with Gasteiger partial charge in [0, 0.05) is 24.5 Å². The van der Waals surface area contributed by atoms with Crippen LogP contribution in [0.1, 0.15) is 29.5 Å². The van der Waals surface area contributed by atoms with Gasteiger partial charge in [0.05, 0.1) is 19.2 Å². The summed E-state index contributed by atoms with van der Waals surface area (Å²) in [5.74, 6) is 1.02. The molecular formula is C15H17ClN2O3. The van der Waals surface area contributed by atoms with E-state index in [9.17, 15) is 4.79 Å². The van der Waals surface area contributed by atoms with E-state index in [1.807, 2.05) is 11.5 Å². The quantitative estimate of drug-likeness (QED) is 0.769. The lowest BCUT2D eigenvalue weighted by atomic mass is 10.1. The van der Waals surface area contributed by atoms with Gasteiger partial charge in [-0.3, -0.25) is 4.79 Å². The third kappa shape index (κ3) is 3.03. The lowest BCUT2D eigenvalue weighted by Gasteiger charge is -2.11. The van der Waals surface area contributed by atoms with E-state index in [0.29, 0.717) is 27.9 Å². The van der Waals surface area contributed by atoms with Crippen molar-refractivity contribution in [3.8, 4) is 11.5 Å². The van der Waals surface area contributed by atoms with Gasteiger partial charge in [-0.2, -0.15) is 0 Å². The van der Waals surface area contributed by atoms with Gasteiger partial charge >= 0.3 is 0 Å². The fourth-order valence-corrected chi connectivity index (χ4v) is 2.41. The molecule has 2 aromatic rings. The number of carbonyl (C=O) groups is 1. The molecular weight excluding hydrogens is 292 g/mol. The molecule has 0 spiro atoms. The van der Waals surface area contributed by atoms with Gasteiger partial charge in [0.2, 0.25) is 5.78 Å². The molecule has 0 saturated heterocycles. The van der Waals surface area contributed by atoms with Crippen molar-refractivity contribution in [2.75, 3.05) is 14.2 Å². The van der Waals surface area contributed by atoms with Crippen LogP contribution in [0.2, 0.25) is 5.02 Å². The summed E-state index contributed by atoms with van der Waals surface area (Å²) in [6.45, 7) is 2.78. The van der Waals surface area contributed by atoms with Gasteiger partial charge < -0.3 is 14.0 Å². The lowest BCUT2D eigenvalue weighted by Crippen LogP contribution is -2.11. The monoisotopic (exact) mass is 308 g/mol. The molecule has 0 radical (unpaired) electrons. The van der Waals surface area contributed by atoms with Crippen LogP contribution in [0.3, 0.4) is 0 Å². The SMILES string of the molecule is CCCn1ccnc1C(=O)c1cc(Cl)c(OC)c(OC)c1. The summed E-state index contributed by atoms with van der Waals surface area (Å²) in [4.78, 5) is 16.7. The summed E-state index contributed by atoms with van der Waals surface area (Å²) in [6, 6.07) is 3.17. The summed E-state index contributed by atoms with van der Waals surface area (Å²) in [7, 11) is 3.00. The van der Waals surface area contributed by atoms with Gasteiger partial charge in [0.1, 0.15) is 0 Å². The van der Waals surface area contributed by atoms with Crippen LogP contribution in [-0.4, -0.2) is 29.6 Å². The number of imidazole rings is 1. The minimum atomic E-state index is -0.198. The van der Waals surface area contributed by atoms with E-state index >= 15 is 0 Å². The van der Waals surface area contributed by atoms with Crippen LogP contribution in [-0.2, 0) is 6.54 Å².